The number of carbonyl (C=O) groups excluding carboxylic acids is 2. The first-order chi connectivity index (χ1) is 12.6. The summed E-state index contributed by atoms with van der Waals surface area (Å²) in [6.45, 7) is 6.31. The molecule has 6 heteroatoms. The molecule has 1 N–H and O–H groups in total. The minimum Gasteiger partial charge on any atom is -0.336 e. The number of rotatable bonds is 4. The van der Waals surface area contributed by atoms with Crippen LogP contribution in [0.5, 0.6) is 0 Å². The molecule has 5 nitrogen and oxygen atoms in total. The Balaban J connectivity index is 1.71. The second kappa shape index (κ2) is 8.34. The summed E-state index contributed by atoms with van der Waals surface area (Å²) in [7, 11) is 0. The predicted molar refractivity (Wildman–Crippen MR) is 104 cm³/mol. The number of nitrogens with zero attached hydrogens (tertiary/aromatic N) is 2. The zero-order chi connectivity index (χ0) is 18.5. The van der Waals surface area contributed by atoms with Gasteiger partial charge in [-0.15, -0.1) is 0 Å². The Morgan fingerprint density at radius 2 is 1.69 bits per heavy atom. The van der Waals surface area contributed by atoms with Crippen molar-refractivity contribution in [3.63, 3.8) is 0 Å². The van der Waals surface area contributed by atoms with Crippen molar-refractivity contribution in [3.8, 4) is 0 Å². The molecule has 1 aliphatic heterocycles. The Labute approximate surface area is 158 Å². The van der Waals surface area contributed by atoms with E-state index in [4.69, 9.17) is 11.6 Å². The fraction of sp³-hybridized carbons (Fsp3) is 0.300. The molecule has 2 aromatic carbocycles. The van der Waals surface area contributed by atoms with Crippen LogP contribution < -0.4 is 5.32 Å². The number of halogens is 1. The first-order valence-electron chi connectivity index (χ1n) is 8.76. The Morgan fingerprint density at radius 1 is 1.00 bits per heavy atom. The van der Waals surface area contributed by atoms with Gasteiger partial charge in [-0.1, -0.05) is 36.7 Å². The molecule has 0 unspecified atom stereocenters. The van der Waals surface area contributed by atoms with Gasteiger partial charge in [0.2, 0.25) is 0 Å². The third-order valence-corrected chi connectivity index (χ3v) is 4.93. The van der Waals surface area contributed by atoms with Crippen molar-refractivity contribution in [1.29, 1.82) is 0 Å². The van der Waals surface area contributed by atoms with Gasteiger partial charge >= 0.3 is 0 Å². The summed E-state index contributed by atoms with van der Waals surface area (Å²) in [6, 6.07) is 13.9. The molecular formula is C20H22ClN3O2. The molecule has 2 aromatic rings. The zero-order valence-electron chi connectivity index (χ0n) is 14.7. The van der Waals surface area contributed by atoms with Crippen molar-refractivity contribution in [1.82, 2.24) is 9.80 Å². The number of hydrogen-bond acceptors (Lipinski definition) is 3. The highest BCUT2D eigenvalue weighted by atomic mass is 35.5. The quantitative estimate of drug-likeness (QED) is 0.896. The topological polar surface area (TPSA) is 52.7 Å². The van der Waals surface area contributed by atoms with Crippen LogP contribution in [-0.2, 0) is 0 Å². The summed E-state index contributed by atoms with van der Waals surface area (Å²) < 4.78 is 0. The van der Waals surface area contributed by atoms with Gasteiger partial charge in [-0.2, -0.15) is 0 Å². The van der Waals surface area contributed by atoms with Crippen LogP contribution in [0.15, 0.2) is 48.5 Å². The number of benzene rings is 2. The highest BCUT2D eigenvalue weighted by Crippen LogP contribution is 2.21. The molecule has 0 saturated carbocycles. The summed E-state index contributed by atoms with van der Waals surface area (Å²) in [5.74, 6) is -0.323. The third-order valence-electron chi connectivity index (χ3n) is 4.60. The van der Waals surface area contributed by atoms with E-state index in [1.807, 2.05) is 4.90 Å². The van der Waals surface area contributed by atoms with Crippen LogP contribution in [0.4, 0.5) is 5.69 Å². The smallest absolute Gasteiger partial charge is 0.255 e. The summed E-state index contributed by atoms with van der Waals surface area (Å²) >= 11 is 6.08. The predicted octanol–water partition coefficient (Wildman–Crippen LogP) is 3.37. The average Bonchev–Trinajstić information content (AvgIpc) is 2.69. The lowest BCUT2D eigenvalue weighted by molar-refractivity contribution is 0.0643. The van der Waals surface area contributed by atoms with Crippen LogP contribution in [0, 0.1) is 0 Å². The molecule has 1 heterocycles. The number of hydrogen-bond donors (Lipinski definition) is 1. The van der Waals surface area contributed by atoms with Gasteiger partial charge in [0.15, 0.2) is 0 Å². The number of likely N-dealkylation sites (N-methyl/N-ethyl adjacent to an activating group) is 1. The van der Waals surface area contributed by atoms with E-state index in [1.165, 1.54) is 0 Å². The summed E-state index contributed by atoms with van der Waals surface area (Å²) in [6.07, 6.45) is 0. The van der Waals surface area contributed by atoms with Gasteiger partial charge in [-0.25, -0.2) is 0 Å². The lowest BCUT2D eigenvalue weighted by Crippen LogP contribution is -2.48. The lowest BCUT2D eigenvalue weighted by atomic mass is 10.1. The van der Waals surface area contributed by atoms with E-state index in [0.717, 1.165) is 19.6 Å². The van der Waals surface area contributed by atoms with E-state index >= 15 is 0 Å². The molecule has 3 rings (SSSR count). The van der Waals surface area contributed by atoms with E-state index in [2.05, 4.69) is 17.1 Å². The second-order valence-electron chi connectivity index (χ2n) is 6.24. The van der Waals surface area contributed by atoms with E-state index in [9.17, 15) is 9.59 Å². The van der Waals surface area contributed by atoms with Gasteiger partial charge in [0.1, 0.15) is 0 Å². The van der Waals surface area contributed by atoms with E-state index in [-0.39, 0.29) is 11.8 Å². The molecule has 1 fully saturated rings. The molecule has 1 aliphatic rings. The average molecular weight is 372 g/mol. The zero-order valence-corrected chi connectivity index (χ0v) is 15.5. The van der Waals surface area contributed by atoms with Crippen molar-refractivity contribution in [3.05, 3.63) is 64.7 Å². The fourth-order valence-corrected chi connectivity index (χ4v) is 3.18. The summed E-state index contributed by atoms with van der Waals surface area (Å²) in [5, 5.41) is 3.26. The Hall–Kier alpha value is -2.37. The van der Waals surface area contributed by atoms with Crippen LogP contribution in [-0.4, -0.2) is 54.3 Å². The third kappa shape index (κ3) is 4.23. The monoisotopic (exact) mass is 371 g/mol. The van der Waals surface area contributed by atoms with Crippen molar-refractivity contribution in [2.24, 2.45) is 0 Å². The molecule has 0 bridgehead atoms. The molecule has 1 saturated heterocycles. The second-order valence-corrected chi connectivity index (χ2v) is 6.65. The number of nitrogens with one attached hydrogen (secondary N) is 1. The maximum absolute atomic E-state index is 12.7. The minimum atomic E-state index is -0.288. The highest BCUT2D eigenvalue weighted by Gasteiger charge is 2.22. The van der Waals surface area contributed by atoms with Crippen LogP contribution in [0.2, 0.25) is 5.02 Å². The molecule has 0 aliphatic carbocycles. The van der Waals surface area contributed by atoms with Gasteiger partial charge in [-0.05, 0) is 36.9 Å². The molecule has 26 heavy (non-hydrogen) atoms. The number of piperazine rings is 1. The van der Waals surface area contributed by atoms with Gasteiger partial charge < -0.3 is 15.1 Å². The van der Waals surface area contributed by atoms with Crippen molar-refractivity contribution < 1.29 is 9.59 Å². The number of carbonyl (C=O) groups is 2. The van der Waals surface area contributed by atoms with E-state index in [0.29, 0.717) is 34.9 Å². The summed E-state index contributed by atoms with van der Waals surface area (Å²) in [4.78, 5) is 29.4. The van der Waals surface area contributed by atoms with E-state index < -0.39 is 0 Å². The van der Waals surface area contributed by atoms with E-state index in [1.54, 1.807) is 48.5 Å². The molecule has 0 radical (unpaired) electrons. The largest absolute Gasteiger partial charge is 0.336 e. The first kappa shape index (κ1) is 18.4. The van der Waals surface area contributed by atoms with Gasteiger partial charge in [0.05, 0.1) is 10.7 Å². The lowest BCUT2D eigenvalue weighted by Gasteiger charge is -2.34. The van der Waals surface area contributed by atoms with Gasteiger partial charge in [-0.3, -0.25) is 9.59 Å². The first-order valence-corrected chi connectivity index (χ1v) is 9.14. The summed E-state index contributed by atoms with van der Waals surface area (Å²) in [5.41, 5.74) is 1.51. The highest BCUT2D eigenvalue weighted by molar-refractivity contribution is 6.33. The number of para-hydroxylation sites is 1. The molecule has 0 aromatic heterocycles. The maximum atomic E-state index is 12.7. The number of anilines is 1. The van der Waals surface area contributed by atoms with Gasteiger partial charge in [0.25, 0.3) is 11.8 Å². The normalized spacial score (nSPS) is 14.9. The standard InChI is InChI=1S/C20H22ClN3O2/c1-2-23-10-12-24(13-11-23)20(26)16-7-5-6-15(14-16)19(25)22-18-9-4-3-8-17(18)21/h3-9,14H,2,10-13H2,1H3,(H,22,25). The Morgan fingerprint density at radius 3 is 2.38 bits per heavy atom. The Kier molecular flexibility index (Phi) is 5.91. The maximum Gasteiger partial charge on any atom is 0.255 e. The SMILES string of the molecule is CCN1CCN(C(=O)c2cccc(C(=O)Nc3ccccc3Cl)c2)CC1. The fourth-order valence-electron chi connectivity index (χ4n) is 3.00. The molecule has 136 valence electrons. The molecular weight excluding hydrogens is 350 g/mol. The van der Waals surface area contributed by atoms with Crippen LogP contribution in [0.3, 0.4) is 0 Å². The van der Waals surface area contributed by atoms with Crippen molar-refractivity contribution in [2.45, 2.75) is 6.92 Å². The van der Waals surface area contributed by atoms with Crippen molar-refractivity contribution in [2.75, 3.05) is 38.0 Å². The minimum absolute atomic E-state index is 0.0341. The molecule has 0 atom stereocenters. The van der Waals surface area contributed by atoms with Crippen LogP contribution in [0.1, 0.15) is 27.6 Å². The molecule has 0 spiro atoms. The molecule has 2 amide bonds. The van der Waals surface area contributed by atoms with Crippen LogP contribution >= 0.6 is 11.6 Å². The Bertz CT molecular complexity index is 801. The van der Waals surface area contributed by atoms with Gasteiger partial charge in [0, 0.05) is 37.3 Å². The van der Waals surface area contributed by atoms with Crippen molar-refractivity contribution >= 4 is 29.1 Å². The van der Waals surface area contributed by atoms with Crippen LogP contribution in [0.25, 0.3) is 0 Å². The number of amides is 2.